The summed E-state index contributed by atoms with van der Waals surface area (Å²) in [6.07, 6.45) is 1.75. The van der Waals surface area contributed by atoms with Crippen molar-refractivity contribution in [3.8, 4) is 0 Å². The zero-order valence-electron chi connectivity index (χ0n) is 9.31. The zero-order valence-corrected chi connectivity index (χ0v) is 9.31. The molecule has 1 rings (SSSR count). The van der Waals surface area contributed by atoms with Gasteiger partial charge in [0.15, 0.2) is 0 Å². The standard InChI is InChI=1S/C13H17NO/c1-4-10-14(12(3)15)11(2)13-8-6-5-7-9-13/h4-9,11H,1,10H2,2-3H3. The van der Waals surface area contributed by atoms with Crippen LogP contribution in [-0.2, 0) is 4.79 Å². The van der Waals surface area contributed by atoms with E-state index in [0.29, 0.717) is 6.54 Å². The fourth-order valence-corrected chi connectivity index (χ4v) is 1.61. The number of amides is 1. The van der Waals surface area contributed by atoms with Gasteiger partial charge in [-0.1, -0.05) is 36.4 Å². The molecule has 1 aromatic rings. The van der Waals surface area contributed by atoms with Crippen LogP contribution in [0.1, 0.15) is 25.5 Å². The first-order chi connectivity index (χ1) is 7.16. The summed E-state index contributed by atoms with van der Waals surface area (Å²) in [6.45, 7) is 7.87. The average Bonchev–Trinajstić information content (AvgIpc) is 2.26. The molecule has 0 saturated heterocycles. The molecule has 0 aliphatic carbocycles. The summed E-state index contributed by atoms with van der Waals surface area (Å²) < 4.78 is 0. The summed E-state index contributed by atoms with van der Waals surface area (Å²) in [5, 5.41) is 0. The van der Waals surface area contributed by atoms with E-state index in [1.807, 2.05) is 37.3 Å². The van der Waals surface area contributed by atoms with Crippen molar-refractivity contribution in [1.29, 1.82) is 0 Å². The molecule has 0 aromatic heterocycles. The van der Waals surface area contributed by atoms with Crippen molar-refractivity contribution in [3.05, 3.63) is 48.6 Å². The van der Waals surface area contributed by atoms with Crippen LogP contribution in [-0.4, -0.2) is 17.4 Å². The molecule has 0 aliphatic heterocycles. The van der Waals surface area contributed by atoms with Gasteiger partial charge < -0.3 is 4.90 Å². The summed E-state index contributed by atoms with van der Waals surface area (Å²) >= 11 is 0. The van der Waals surface area contributed by atoms with Gasteiger partial charge in [0.1, 0.15) is 0 Å². The molecule has 0 bridgehead atoms. The van der Waals surface area contributed by atoms with E-state index >= 15 is 0 Å². The Kier molecular flexibility index (Phi) is 4.10. The minimum Gasteiger partial charge on any atom is -0.332 e. The Hall–Kier alpha value is -1.57. The van der Waals surface area contributed by atoms with E-state index in [4.69, 9.17) is 0 Å². The third-order valence-corrected chi connectivity index (χ3v) is 2.48. The molecule has 2 heteroatoms. The van der Waals surface area contributed by atoms with Crippen molar-refractivity contribution in [3.63, 3.8) is 0 Å². The van der Waals surface area contributed by atoms with Crippen molar-refractivity contribution >= 4 is 5.91 Å². The molecular formula is C13H17NO. The summed E-state index contributed by atoms with van der Waals surface area (Å²) in [5.41, 5.74) is 1.15. The van der Waals surface area contributed by atoms with Crippen molar-refractivity contribution in [2.75, 3.05) is 6.54 Å². The predicted molar refractivity (Wildman–Crippen MR) is 62.4 cm³/mol. The molecule has 0 saturated carbocycles. The molecule has 0 aliphatic rings. The molecule has 0 radical (unpaired) electrons. The molecule has 0 fully saturated rings. The first-order valence-electron chi connectivity index (χ1n) is 5.10. The van der Waals surface area contributed by atoms with E-state index in [9.17, 15) is 4.79 Å². The maximum atomic E-state index is 11.4. The summed E-state index contributed by atoms with van der Waals surface area (Å²) in [7, 11) is 0. The number of rotatable bonds is 4. The van der Waals surface area contributed by atoms with E-state index in [0.717, 1.165) is 5.56 Å². The number of carbonyl (C=O) groups is 1. The number of nitrogens with zero attached hydrogens (tertiary/aromatic N) is 1. The van der Waals surface area contributed by atoms with Crippen LogP contribution in [0.4, 0.5) is 0 Å². The Bertz CT molecular complexity index is 332. The molecule has 80 valence electrons. The van der Waals surface area contributed by atoms with Crippen LogP contribution in [0.2, 0.25) is 0 Å². The summed E-state index contributed by atoms with van der Waals surface area (Å²) in [6, 6.07) is 10.1. The van der Waals surface area contributed by atoms with Crippen molar-refractivity contribution in [2.24, 2.45) is 0 Å². The van der Waals surface area contributed by atoms with Crippen LogP contribution < -0.4 is 0 Å². The topological polar surface area (TPSA) is 20.3 Å². The van der Waals surface area contributed by atoms with Crippen LogP contribution in [0.15, 0.2) is 43.0 Å². The van der Waals surface area contributed by atoms with Crippen molar-refractivity contribution in [1.82, 2.24) is 4.90 Å². The lowest BCUT2D eigenvalue weighted by molar-refractivity contribution is -0.130. The lowest BCUT2D eigenvalue weighted by atomic mass is 10.1. The number of hydrogen-bond acceptors (Lipinski definition) is 1. The molecule has 2 nitrogen and oxygen atoms in total. The molecule has 0 spiro atoms. The van der Waals surface area contributed by atoms with Gasteiger partial charge in [-0.05, 0) is 12.5 Å². The molecule has 0 N–H and O–H groups in total. The molecule has 1 aromatic carbocycles. The Morgan fingerprint density at radius 2 is 2.07 bits per heavy atom. The van der Waals surface area contributed by atoms with Crippen LogP contribution in [0.3, 0.4) is 0 Å². The van der Waals surface area contributed by atoms with E-state index in [2.05, 4.69) is 6.58 Å². The van der Waals surface area contributed by atoms with Crippen LogP contribution >= 0.6 is 0 Å². The second kappa shape index (κ2) is 5.35. The van der Waals surface area contributed by atoms with Crippen molar-refractivity contribution in [2.45, 2.75) is 19.9 Å². The fraction of sp³-hybridized carbons (Fsp3) is 0.308. The lowest BCUT2D eigenvalue weighted by Crippen LogP contribution is -2.31. The number of carbonyl (C=O) groups excluding carboxylic acids is 1. The monoisotopic (exact) mass is 203 g/mol. The van der Waals surface area contributed by atoms with E-state index in [1.54, 1.807) is 17.9 Å². The highest BCUT2D eigenvalue weighted by Gasteiger charge is 2.16. The third-order valence-electron chi connectivity index (χ3n) is 2.48. The fourth-order valence-electron chi connectivity index (χ4n) is 1.61. The van der Waals surface area contributed by atoms with Gasteiger partial charge in [0.05, 0.1) is 6.04 Å². The molecule has 1 unspecified atom stereocenters. The first kappa shape index (κ1) is 11.5. The number of hydrogen-bond donors (Lipinski definition) is 0. The predicted octanol–water partition coefficient (Wildman–Crippen LogP) is 2.78. The zero-order chi connectivity index (χ0) is 11.3. The largest absolute Gasteiger partial charge is 0.332 e. The van der Waals surface area contributed by atoms with Gasteiger partial charge in [-0.3, -0.25) is 4.79 Å². The quantitative estimate of drug-likeness (QED) is 0.689. The highest BCUT2D eigenvalue weighted by atomic mass is 16.2. The Morgan fingerprint density at radius 3 is 2.53 bits per heavy atom. The minimum atomic E-state index is 0.0752. The van der Waals surface area contributed by atoms with E-state index in [1.165, 1.54) is 0 Å². The number of benzene rings is 1. The smallest absolute Gasteiger partial charge is 0.220 e. The molecular weight excluding hydrogens is 186 g/mol. The summed E-state index contributed by atoms with van der Waals surface area (Å²) in [5.74, 6) is 0.0752. The lowest BCUT2D eigenvalue weighted by Gasteiger charge is -2.27. The molecule has 0 heterocycles. The van der Waals surface area contributed by atoms with Crippen molar-refractivity contribution < 1.29 is 4.79 Å². The second-order valence-electron chi connectivity index (χ2n) is 3.55. The average molecular weight is 203 g/mol. The van der Waals surface area contributed by atoms with E-state index in [-0.39, 0.29) is 11.9 Å². The maximum absolute atomic E-state index is 11.4. The normalized spacial score (nSPS) is 11.9. The molecule has 1 amide bonds. The van der Waals surface area contributed by atoms with E-state index < -0.39 is 0 Å². The van der Waals surface area contributed by atoms with Gasteiger partial charge in [0, 0.05) is 13.5 Å². The van der Waals surface area contributed by atoms with Gasteiger partial charge in [-0.25, -0.2) is 0 Å². The summed E-state index contributed by atoms with van der Waals surface area (Å²) in [4.78, 5) is 13.2. The third kappa shape index (κ3) is 2.94. The highest BCUT2D eigenvalue weighted by Crippen LogP contribution is 2.19. The van der Waals surface area contributed by atoms with Crippen LogP contribution in [0.25, 0.3) is 0 Å². The molecule has 15 heavy (non-hydrogen) atoms. The van der Waals surface area contributed by atoms with Crippen LogP contribution in [0, 0.1) is 0 Å². The minimum absolute atomic E-state index is 0.0752. The van der Waals surface area contributed by atoms with Gasteiger partial charge in [0.2, 0.25) is 5.91 Å². The maximum Gasteiger partial charge on any atom is 0.220 e. The molecule has 1 atom stereocenters. The van der Waals surface area contributed by atoms with Gasteiger partial charge in [-0.2, -0.15) is 0 Å². The van der Waals surface area contributed by atoms with Gasteiger partial charge >= 0.3 is 0 Å². The van der Waals surface area contributed by atoms with Crippen LogP contribution in [0.5, 0.6) is 0 Å². The van der Waals surface area contributed by atoms with Gasteiger partial charge in [-0.15, -0.1) is 6.58 Å². The van der Waals surface area contributed by atoms with Gasteiger partial charge in [0.25, 0.3) is 0 Å². The Morgan fingerprint density at radius 1 is 1.47 bits per heavy atom. The SMILES string of the molecule is C=CCN(C(C)=O)C(C)c1ccccc1. The highest BCUT2D eigenvalue weighted by molar-refractivity contribution is 5.74. The Balaban J connectivity index is 2.85. The first-order valence-corrected chi connectivity index (χ1v) is 5.10. The Labute approximate surface area is 91.2 Å². The second-order valence-corrected chi connectivity index (χ2v) is 3.55.